The summed E-state index contributed by atoms with van der Waals surface area (Å²) in [6, 6.07) is 9.36. The molecule has 2 rings (SSSR count). The van der Waals surface area contributed by atoms with Crippen LogP contribution in [0.5, 0.6) is 0 Å². The Balaban J connectivity index is 2.50. The molecule has 0 aliphatic heterocycles. The molecule has 0 atom stereocenters. The van der Waals surface area contributed by atoms with Crippen LogP contribution in [0, 0.1) is 11.3 Å². The van der Waals surface area contributed by atoms with Gasteiger partial charge in [-0.05, 0) is 6.07 Å². The normalized spacial score (nSPS) is 11.1. The van der Waals surface area contributed by atoms with E-state index < -0.39 is 0 Å². The molecule has 5 heteroatoms. The minimum Gasteiger partial charge on any atom is -0.355 e. The molecule has 0 saturated carbocycles. The van der Waals surface area contributed by atoms with E-state index in [1.807, 2.05) is 38.5 Å². The van der Waals surface area contributed by atoms with E-state index in [-0.39, 0.29) is 0 Å². The van der Waals surface area contributed by atoms with Crippen LogP contribution in [0.25, 0.3) is 17.3 Å². The van der Waals surface area contributed by atoms with Gasteiger partial charge in [0.05, 0.1) is 25.3 Å². The molecule has 1 aromatic heterocycles. The maximum Gasteiger partial charge on any atom is 0.183 e. The maximum atomic E-state index is 9.27. The molecule has 0 aliphatic rings. The first-order valence-electron chi connectivity index (χ1n) is 5.76. The maximum absolute atomic E-state index is 9.27. The van der Waals surface area contributed by atoms with E-state index in [9.17, 15) is 5.26 Å². The Morgan fingerprint density at radius 2 is 2.11 bits per heavy atom. The lowest BCUT2D eigenvalue weighted by atomic mass is 10.1. The summed E-state index contributed by atoms with van der Waals surface area (Å²) >= 11 is 6.11. The van der Waals surface area contributed by atoms with E-state index in [0.29, 0.717) is 27.6 Å². The molecule has 1 heterocycles. The van der Waals surface area contributed by atoms with Crippen molar-refractivity contribution in [3.8, 4) is 17.3 Å². The van der Waals surface area contributed by atoms with E-state index in [2.05, 4.69) is 11.2 Å². The van der Waals surface area contributed by atoms with Crippen molar-refractivity contribution in [2.24, 2.45) is 0 Å². The summed E-state index contributed by atoms with van der Waals surface area (Å²) in [6.45, 7) is 0. The van der Waals surface area contributed by atoms with Gasteiger partial charge in [0.25, 0.3) is 0 Å². The van der Waals surface area contributed by atoms with E-state index >= 15 is 0 Å². The van der Waals surface area contributed by atoms with Crippen molar-refractivity contribution < 1.29 is 9.42 Å². The Labute approximate surface area is 116 Å². The van der Waals surface area contributed by atoms with Crippen molar-refractivity contribution in [1.82, 2.24) is 5.16 Å². The first-order chi connectivity index (χ1) is 9.13. The predicted octanol–water partition coefficient (Wildman–Crippen LogP) is 1.98. The Kier molecular flexibility index (Phi) is 4.00. The minimum atomic E-state index is 0.394. The molecule has 0 saturated heterocycles. The van der Waals surface area contributed by atoms with Crippen molar-refractivity contribution in [1.29, 1.82) is 5.26 Å². The summed E-state index contributed by atoms with van der Waals surface area (Å²) in [6.07, 6.45) is 3.61. The molecule has 0 bridgehead atoms. The molecule has 4 nitrogen and oxygen atoms in total. The van der Waals surface area contributed by atoms with Gasteiger partial charge in [0, 0.05) is 11.6 Å². The van der Waals surface area contributed by atoms with Crippen LogP contribution in [0.3, 0.4) is 0 Å². The van der Waals surface area contributed by atoms with Crippen LogP contribution >= 0.6 is 11.6 Å². The Morgan fingerprint density at radius 3 is 2.74 bits per heavy atom. The summed E-state index contributed by atoms with van der Waals surface area (Å²) in [5.74, 6) is 0.443. The van der Waals surface area contributed by atoms with Gasteiger partial charge < -0.3 is 9.42 Å². The van der Waals surface area contributed by atoms with Crippen molar-refractivity contribution in [2.75, 3.05) is 14.1 Å². The molecule has 0 unspecified atom stereocenters. The average Bonchev–Trinajstić information content (AvgIpc) is 2.79. The van der Waals surface area contributed by atoms with Crippen LogP contribution in [0.2, 0.25) is 5.02 Å². The molecule has 1 aromatic carbocycles. The summed E-state index contributed by atoms with van der Waals surface area (Å²) in [4.78, 5) is 1.11. The number of aromatic nitrogens is 1. The molecule has 0 fully saturated rings. The second-order valence-corrected chi connectivity index (χ2v) is 4.68. The predicted molar refractivity (Wildman–Crippen MR) is 73.5 cm³/mol. The smallest absolute Gasteiger partial charge is 0.183 e. The number of nitrogens with one attached hydrogen (secondary N) is 1. The fraction of sp³-hybridized carbons (Fsp3) is 0.143. The number of rotatable bonds is 3. The number of nitrogens with zero attached hydrogens (tertiary/aromatic N) is 2. The van der Waals surface area contributed by atoms with E-state index in [0.717, 1.165) is 4.90 Å². The highest BCUT2D eigenvalue weighted by Gasteiger charge is 2.17. The molecule has 2 aromatic rings. The largest absolute Gasteiger partial charge is 0.355 e. The van der Waals surface area contributed by atoms with E-state index in [1.54, 1.807) is 12.1 Å². The van der Waals surface area contributed by atoms with Crippen LogP contribution < -0.4 is 4.90 Å². The molecular formula is C14H13ClN3O+. The van der Waals surface area contributed by atoms with Gasteiger partial charge in [-0.2, -0.15) is 5.26 Å². The summed E-state index contributed by atoms with van der Waals surface area (Å²) in [7, 11) is 3.93. The highest BCUT2D eigenvalue weighted by Crippen LogP contribution is 2.30. The zero-order valence-corrected chi connectivity index (χ0v) is 11.4. The second-order valence-electron chi connectivity index (χ2n) is 4.27. The van der Waals surface area contributed by atoms with Gasteiger partial charge in [-0.1, -0.05) is 35.0 Å². The van der Waals surface area contributed by atoms with Crippen LogP contribution in [-0.4, -0.2) is 19.3 Å². The van der Waals surface area contributed by atoms with Crippen LogP contribution in [-0.2, 0) is 0 Å². The zero-order valence-electron chi connectivity index (χ0n) is 10.6. The number of hydrogen-bond donors (Lipinski definition) is 1. The number of halogens is 1. The number of nitriles is 1. The first kappa shape index (κ1) is 13.3. The third-order valence-corrected chi connectivity index (χ3v) is 2.86. The highest BCUT2D eigenvalue weighted by atomic mass is 35.5. The quantitative estimate of drug-likeness (QED) is 0.931. The Hall–Kier alpha value is -2.09. The van der Waals surface area contributed by atoms with Gasteiger partial charge in [0.2, 0.25) is 0 Å². The Morgan fingerprint density at radius 1 is 1.37 bits per heavy atom. The van der Waals surface area contributed by atoms with E-state index in [1.165, 1.54) is 0 Å². The molecule has 0 amide bonds. The van der Waals surface area contributed by atoms with Crippen LogP contribution in [0.1, 0.15) is 11.3 Å². The lowest BCUT2D eigenvalue weighted by Crippen LogP contribution is -3.00. The standard InChI is InChI=1S/C14H12ClN3O/c1-18(2)8-7-13-11(9-16)14(17-19-13)10-5-3-4-6-12(10)15/h3-8H,1-2H3/p+1/b8-7+. The van der Waals surface area contributed by atoms with Crippen molar-refractivity contribution in [3.05, 3.63) is 46.8 Å². The molecule has 0 aliphatic carbocycles. The fourth-order valence-corrected chi connectivity index (χ4v) is 1.83. The number of quaternary nitrogens is 1. The van der Waals surface area contributed by atoms with Gasteiger partial charge in [-0.3, -0.25) is 0 Å². The first-order valence-corrected chi connectivity index (χ1v) is 6.14. The van der Waals surface area contributed by atoms with Crippen molar-refractivity contribution in [2.45, 2.75) is 0 Å². The average molecular weight is 275 g/mol. The molecule has 19 heavy (non-hydrogen) atoms. The second kappa shape index (κ2) is 5.70. The van der Waals surface area contributed by atoms with Gasteiger partial charge in [-0.25, -0.2) is 0 Å². The van der Waals surface area contributed by atoms with Gasteiger partial charge in [-0.15, -0.1) is 0 Å². The topological polar surface area (TPSA) is 54.3 Å². The summed E-state index contributed by atoms with van der Waals surface area (Å²) in [5, 5.41) is 13.8. The minimum absolute atomic E-state index is 0.394. The summed E-state index contributed by atoms with van der Waals surface area (Å²) < 4.78 is 5.22. The fourth-order valence-electron chi connectivity index (χ4n) is 1.60. The third-order valence-electron chi connectivity index (χ3n) is 2.53. The third kappa shape index (κ3) is 2.84. The highest BCUT2D eigenvalue weighted by molar-refractivity contribution is 6.33. The Bertz CT molecular complexity index is 653. The van der Waals surface area contributed by atoms with Crippen molar-refractivity contribution in [3.63, 3.8) is 0 Å². The van der Waals surface area contributed by atoms with Crippen LogP contribution in [0.15, 0.2) is 35.0 Å². The van der Waals surface area contributed by atoms with E-state index in [4.69, 9.17) is 16.1 Å². The molecular weight excluding hydrogens is 262 g/mol. The number of benzene rings is 1. The van der Waals surface area contributed by atoms with Gasteiger partial charge in [0.15, 0.2) is 5.76 Å². The lowest BCUT2D eigenvalue weighted by molar-refractivity contribution is -0.800. The molecule has 96 valence electrons. The van der Waals surface area contributed by atoms with Crippen LogP contribution in [0.4, 0.5) is 0 Å². The SMILES string of the molecule is C[NH+](C)/C=C/c1onc(-c2ccccc2Cl)c1C#N. The van der Waals surface area contributed by atoms with Gasteiger partial charge >= 0.3 is 0 Å². The lowest BCUT2D eigenvalue weighted by Gasteiger charge is -1.99. The molecule has 1 N–H and O–H groups in total. The molecule has 0 spiro atoms. The van der Waals surface area contributed by atoms with Gasteiger partial charge in [0.1, 0.15) is 17.3 Å². The summed E-state index contributed by atoms with van der Waals surface area (Å²) in [5.41, 5.74) is 1.56. The monoisotopic (exact) mass is 274 g/mol. The molecule has 0 radical (unpaired) electrons. The zero-order chi connectivity index (χ0) is 13.8. The van der Waals surface area contributed by atoms with Crippen molar-refractivity contribution >= 4 is 17.7 Å². The number of hydrogen-bond acceptors (Lipinski definition) is 3.